The molecule has 1 aliphatic rings. The Kier molecular flexibility index (Phi) is 4.99. The Morgan fingerprint density at radius 3 is 2.52 bits per heavy atom. The molecule has 0 amide bonds. The number of fused-ring (bicyclic) bond motifs is 1. The van der Waals surface area contributed by atoms with Crippen molar-refractivity contribution in [2.45, 2.75) is 18.9 Å². The van der Waals surface area contributed by atoms with E-state index in [1.54, 1.807) is 12.1 Å². The molecule has 2 aromatic carbocycles. The highest BCUT2D eigenvalue weighted by molar-refractivity contribution is 6.00. The van der Waals surface area contributed by atoms with Gasteiger partial charge >= 0.3 is 0 Å². The molecule has 0 spiro atoms. The molecule has 2 aromatic heterocycles. The van der Waals surface area contributed by atoms with Gasteiger partial charge in [-0.2, -0.15) is 0 Å². The Labute approximate surface area is 177 Å². The summed E-state index contributed by atoms with van der Waals surface area (Å²) in [7, 11) is 0. The van der Waals surface area contributed by atoms with E-state index in [2.05, 4.69) is 26.0 Å². The zero-order valence-electron chi connectivity index (χ0n) is 16.7. The number of nitrogens with one attached hydrogen (secondary N) is 1. The van der Waals surface area contributed by atoms with Crippen molar-refractivity contribution in [1.29, 1.82) is 0 Å². The number of hydrogen-bond acceptors (Lipinski definition) is 5. The number of piperidine rings is 1. The van der Waals surface area contributed by atoms with Gasteiger partial charge in [-0.25, -0.2) is 18.7 Å². The van der Waals surface area contributed by atoms with E-state index in [0.29, 0.717) is 17.6 Å². The number of rotatable bonds is 4. The summed E-state index contributed by atoms with van der Waals surface area (Å²) < 4.78 is 34.6. The third-order valence-corrected chi connectivity index (χ3v) is 5.54. The Bertz CT molecular complexity index is 1210. The lowest BCUT2D eigenvalue weighted by Crippen LogP contribution is -2.31. The average molecular weight is 421 g/mol. The number of nitrogens with zero attached hydrogens (tertiary/aromatic N) is 3. The number of nitrogen functional groups attached to an aromatic ring is 1. The zero-order chi connectivity index (χ0) is 21.4. The fourth-order valence-corrected chi connectivity index (χ4v) is 4.10. The molecule has 0 saturated carbocycles. The molecule has 1 fully saturated rings. The molecule has 31 heavy (non-hydrogen) atoms. The van der Waals surface area contributed by atoms with Gasteiger partial charge in [-0.05, 0) is 37.1 Å². The monoisotopic (exact) mass is 421 g/mol. The van der Waals surface area contributed by atoms with E-state index >= 15 is 0 Å². The molecule has 1 aliphatic heterocycles. The van der Waals surface area contributed by atoms with Gasteiger partial charge in [0.1, 0.15) is 40.9 Å². The van der Waals surface area contributed by atoms with Gasteiger partial charge in [-0.15, -0.1) is 0 Å². The highest BCUT2D eigenvalue weighted by Crippen LogP contribution is 2.36. The number of nitrogens with two attached hydrogens (primary N) is 1. The molecule has 3 heterocycles. The largest absolute Gasteiger partial charge is 0.457 e. The molecular weight excluding hydrogens is 400 g/mol. The van der Waals surface area contributed by atoms with Crippen molar-refractivity contribution >= 4 is 16.9 Å². The molecule has 3 N–H and O–H groups in total. The lowest BCUT2D eigenvalue weighted by atomic mass is 10.1. The quantitative estimate of drug-likeness (QED) is 0.501. The van der Waals surface area contributed by atoms with Crippen molar-refractivity contribution in [3.8, 4) is 22.6 Å². The molecule has 0 radical (unpaired) electrons. The first-order valence-electron chi connectivity index (χ1n) is 10.1. The van der Waals surface area contributed by atoms with Crippen LogP contribution in [-0.4, -0.2) is 27.6 Å². The van der Waals surface area contributed by atoms with E-state index in [1.165, 1.54) is 6.33 Å². The summed E-state index contributed by atoms with van der Waals surface area (Å²) in [5.74, 6) is -0.375. The summed E-state index contributed by atoms with van der Waals surface area (Å²) in [5.41, 5.74) is 8.89. The minimum absolute atomic E-state index is 0.101. The van der Waals surface area contributed by atoms with Crippen LogP contribution in [0.15, 0.2) is 55.0 Å². The Hall–Kier alpha value is -3.52. The van der Waals surface area contributed by atoms with Crippen LogP contribution in [-0.2, 0) is 0 Å². The second-order valence-corrected chi connectivity index (χ2v) is 7.64. The number of aromatic nitrogens is 3. The van der Waals surface area contributed by atoms with E-state index in [0.717, 1.165) is 66.3 Å². The van der Waals surface area contributed by atoms with E-state index in [4.69, 9.17) is 10.5 Å². The number of benzene rings is 2. The minimum atomic E-state index is -0.688. The van der Waals surface area contributed by atoms with Crippen LogP contribution in [0.1, 0.15) is 18.9 Å². The summed E-state index contributed by atoms with van der Waals surface area (Å²) in [6.07, 6.45) is 5.73. The maximum atomic E-state index is 13.4. The topological polar surface area (TPSA) is 78.0 Å². The Morgan fingerprint density at radius 2 is 1.81 bits per heavy atom. The molecule has 8 heteroatoms. The van der Waals surface area contributed by atoms with Crippen molar-refractivity contribution in [3.63, 3.8) is 0 Å². The SMILES string of the molecule is Nc1ncnc2c1c(-c1ccc(Oc3cc(F)cc(F)c3)cc1)cn2C1CCCNC1. The Balaban J connectivity index is 1.50. The minimum Gasteiger partial charge on any atom is -0.457 e. The number of ether oxygens (including phenoxy) is 1. The highest BCUT2D eigenvalue weighted by Gasteiger charge is 2.21. The highest BCUT2D eigenvalue weighted by atomic mass is 19.1. The normalized spacial score (nSPS) is 16.5. The van der Waals surface area contributed by atoms with Crippen molar-refractivity contribution in [1.82, 2.24) is 19.9 Å². The summed E-state index contributed by atoms with van der Waals surface area (Å²) >= 11 is 0. The zero-order valence-corrected chi connectivity index (χ0v) is 16.7. The molecule has 0 aliphatic carbocycles. The molecule has 1 atom stereocenters. The fraction of sp³-hybridized carbons (Fsp3) is 0.217. The number of hydrogen-bond donors (Lipinski definition) is 2. The predicted molar refractivity (Wildman–Crippen MR) is 115 cm³/mol. The molecular formula is C23H21F2N5O. The van der Waals surface area contributed by atoms with Gasteiger partial charge in [0.2, 0.25) is 0 Å². The molecule has 4 aromatic rings. The third-order valence-electron chi connectivity index (χ3n) is 5.54. The van der Waals surface area contributed by atoms with Crippen molar-refractivity contribution in [3.05, 3.63) is 66.6 Å². The van der Waals surface area contributed by atoms with E-state index in [1.807, 2.05) is 12.1 Å². The lowest BCUT2D eigenvalue weighted by Gasteiger charge is -2.24. The first-order valence-corrected chi connectivity index (χ1v) is 10.1. The summed E-state index contributed by atoms with van der Waals surface area (Å²) in [6, 6.07) is 10.7. The number of halogens is 2. The van der Waals surface area contributed by atoms with E-state index in [9.17, 15) is 8.78 Å². The average Bonchev–Trinajstić information content (AvgIpc) is 3.15. The smallest absolute Gasteiger partial charge is 0.146 e. The maximum absolute atomic E-state index is 13.4. The van der Waals surface area contributed by atoms with Gasteiger partial charge in [0, 0.05) is 42.5 Å². The van der Waals surface area contributed by atoms with Crippen molar-refractivity contribution in [2.24, 2.45) is 0 Å². The summed E-state index contributed by atoms with van der Waals surface area (Å²) in [4.78, 5) is 8.69. The van der Waals surface area contributed by atoms with Crippen LogP contribution >= 0.6 is 0 Å². The molecule has 5 rings (SSSR count). The van der Waals surface area contributed by atoms with Crippen LogP contribution in [0.2, 0.25) is 0 Å². The van der Waals surface area contributed by atoms with Gasteiger partial charge in [0.15, 0.2) is 0 Å². The van der Waals surface area contributed by atoms with Gasteiger partial charge in [0.05, 0.1) is 5.39 Å². The van der Waals surface area contributed by atoms with Gasteiger partial charge in [0.25, 0.3) is 0 Å². The van der Waals surface area contributed by atoms with Gasteiger partial charge in [-0.1, -0.05) is 12.1 Å². The van der Waals surface area contributed by atoms with Gasteiger partial charge < -0.3 is 20.4 Å². The van der Waals surface area contributed by atoms with Crippen LogP contribution < -0.4 is 15.8 Å². The lowest BCUT2D eigenvalue weighted by molar-refractivity contribution is 0.378. The second-order valence-electron chi connectivity index (χ2n) is 7.64. The summed E-state index contributed by atoms with van der Waals surface area (Å²) in [5, 5.41) is 4.25. The van der Waals surface area contributed by atoms with Crippen LogP contribution in [0.25, 0.3) is 22.2 Å². The van der Waals surface area contributed by atoms with Crippen molar-refractivity contribution < 1.29 is 13.5 Å². The third kappa shape index (κ3) is 3.82. The summed E-state index contributed by atoms with van der Waals surface area (Å²) in [6.45, 7) is 1.90. The van der Waals surface area contributed by atoms with Gasteiger partial charge in [-0.3, -0.25) is 0 Å². The molecule has 1 saturated heterocycles. The van der Waals surface area contributed by atoms with Crippen LogP contribution in [0, 0.1) is 11.6 Å². The molecule has 158 valence electrons. The fourth-order valence-electron chi connectivity index (χ4n) is 4.10. The standard InChI is InChI=1S/C23H21F2N5O/c24-15-8-16(25)10-19(9-15)31-18-5-3-14(4-6-18)20-12-30(17-2-1-7-27-11-17)23-21(20)22(26)28-13-29-23/h3-6,8-10,12-13,17,27H,1-2,7,11H2,(H2,26,28,29). The van der Waals surface area contributed by atoms with E-state index < -0.39 is 11.6 Å². The Morgan fingerprint density at radius 1 is 1.03 bits per heavy atom. The molecule has 1 unspecified atom stereocenters. The van der Waals surface area contributed by atoms with Crippen LogP contribution in [0.3, 0.4) is 0 Å². The first-order chi connectivity index (χ1) is 15.1. The predicted octanol–water partition coefficient (Wildman–Crippen LogP) is 4.68. The maximum Gasteiger partial charge on any atom is 0.146 e. The number of anilines is 1. The van der Waals surface area contributed by atoms with Crippen molar-refractivity contribution in [2.75, 3.05) is 18.8 Å². The first kappa shape index (κ1) is 19.4. The van der Waals surface area contributed by atoms with Crippen LogP contribution in [0.5, 0.6) is 11.5 Å². The molecule has 6 nitrogen and oxygen atoms in total. The van der Waals surface area contributed by atoms with Crippen LogP contribution in [0.4, 0.5) is 14.6 Å². The van der Waals surface area contributed by atoms with E-state index in [-0.39, 0.29) is 5.75 Å². The molecule has 0 bridgehead atoms. The second kappa shape index (κ2) is 7.96.